The first-order valence-corrected chi connectivity index (χ1v) is 5.73. The molecule has 100 valence electrons. The Morgan fingerprint density at radius 2 is 1.12 bits per heavy atom. The van der Waals surface area contributed by atoms with Crippen LogP contribution in [0.25, 0.3) is 0 Å². The highest BCUT2D eigenvalue weighted by atomic mass is 16.4. The van der Waals surface area contributed by atoms with Gasteiger partial charge in [-0.15, -0.1) is 0 Å². The van der Waals surface area contributed by atoms with E-state index in [-0.39, 0.29) is 16.6 Å². The highest BCUT2D eigenvalue weighted by molar-refractivity contribution is 5.98. The Labute approximate surface area is 101 Å². The maximum atomic E-state index is 11.0. The lowest BCUT2D eigenvalue weighted by Crippen LogP contribution is -2.11. The third kappa shape index (κ3) is 6.73. The summed E-state index contributed by atoms with van der Waals surface area (Å²) in [5.74, 6) is -2.19. The average molecular weight is 246 g/mol. The summed E-state index contributed by atoms with van der Waals surface area (Å²) in [6, 6.07) is 0. The molecular weight excluding hydrogens is 224 g/mol. The maximum absolute atomic E-state index is 11.0. The van der Waals surface area contributed by atoms with E-state index in [4.69, 9.17) is 10.2 Å². The molecule has 17 heavy (non-hydrogen) atoms. The van der Waals surface area contributed by atoms with E-state index in [1.165, 1.54) is 0 Å². The van der Waals surface area contributed by atoms with Gasteiger partial charge in [-0.3, -0.25) is 0 Å². The first kappa shape index (κ1) is 18.0. The summed E-state index contributed by atoms with van der Waals surface area (Å²) in [6.07, 6.45) is 3.83. The lowest BCUT2D eigenvalue weighted by molar-refractivity contribution is -0.136. The molecule has 5 nitrogen and oxygen atoms in total. The second-order valence-electron chi connectivity index (χ2n) is 3.77. The van der Waals surface area contributed by atoms with Crippen LogP contribution in [-0.2, 0) is 9.59 Å². The topological polar surface area (TPSA) is 106 Å². The zero-order valence-electron chi connectivity index (χ0n) is 10.5. The van der Waals surface area contributed by atoms with Crippen LogP contribution in [0.2, 0.25) is 0 Å². The molecule has 0 amide bonds. The fourth-order valence-electron chi connectivity index (χ4n) is 1.48. The summed E-state index contributed by atoms with van der Waals surface area (Å²) in [4.78, 5) is 22.0. The third-order valence-corrected chi connectivity index (χ3v) is 2.44. The molecule has 0 aliphatic carbocycles. The first-order valence-electron chi connectivity index (χ1n) is 5.73. The van der Waals surface area contributed by atoms with Gasteiger partial charge in [-0.05, 0) is 25.7 Å². The molecule has 0 aromatic heterocycles. The summed E-state index contributed by atoms with van der Waals surface area (Å²) >= 11 is 0. The Hall–Kier alpha value is -1.36. The van der Waals surface area contributed by atoms with Crippen molar-refractivity contribution in [3.8, 4) is 0 Å². The molecule has 0 unspecified atom stereocenters. The van der Waals surface area contributed by atoms with Crippen LogP contribution in [0.4, 0.5) is 0 Å². The monoisotopic (exact) mass is 246 g/mol. The number of carboxylic acids is 2. The van der Waals surface area contributed by atoms with Crippen molar-refractivity contribution in [3.63, 3.8) is 0 Å². The number of carboxylic acid groups (broad SMARTS) is 2. The van der Waals surface area contributed by atoms with Crippen molar-refractivity contribution < 1.29 is 25.3 Å². The van der Waals surface area contributed by atoms with Crippen molar-refractivity contribution in [2.45, 2.75) is 52.4 Å². The number of rotatable bonds is 8. The molecule has 0 fully saturated rings. The summed E-state index contributed by atoms with van der Waals surface area (Å²) < 4.78 is 0. The van der Waals surface area contributed by atoms with Gasteiger partial charge < -0.3 is 15.7 Å². The van der Waals surface area contributed by atoms with Gasteiger partial charge in [-0.1, -0.05) is 26.7 Å². The van der Waals surface area contributed by atoms with Gasteiger partial charge in [0.15, 0.2) is 0 Å². The van der Waals surface area contributed by atoms with Gasteiger partial charge >= 0.3 is 11.9 Å². The fourth-order valence-corrected chi connectivity index (χ4v) is 1.48. The van der Waals surface area contributed by atoms with Gasteiger partial charge in [-0.2, -0.15) is 0 Å². The Morgan fingerprint density at radius 1 is 0.824 bits per heavy atom. The van der Waals surface area contributed by atoms with Crippen molar-refractivity contribution in [1.29, 1.82) is 0 Å². The molecule has 0 heterocycles. The molecule has 0 saturated carbocycles. The summed E-state index contributed by atoms with van der Waals surface area (Å²) in [5, 5.41) is 18.0. The zero-order valence-corrected chi connectivity index (χ0v) is 10.5. The highest BCUT2D eigenvalue weighted by Gasteiger charge is 2.18. The molecule has 0 aromatic carbocycles. The Bertz CT molecular complexity index is 253. The van der Waals surface area contributed by atoms with Crippen molar-refractivity contribution in [2.24, 2.45) is 0 Å². The first-order chi connectivity index (χ1) is 7.54. The van der Waals surface area contributed by atoms with E-state index in [0.717, 1.165) is 12.8 Å². The van der Waals surface area contributed by atoms with E-state index in [0.29, 0.717) is 25.7 Å². The molecule has 5 heteroatoms. The summed E-state index contributed by atoms with van der Waals surface area (Å²) in [6.45, 7) is 3.90. The minimum absolute atomic E-state index is 0. The predicted molar refractivity (Wildman–Crippen MR) is 65.0 cm³/mol. The van der Waals surface area contributed by atoms with E-state index in [9.17, 15) is 9.59 Å². The largest absolute Gasteiger partial charge is 0.478 e. The van der Waals surface area contributed by atoms with Crippen LogP contribution in [-0.4, -0.2) is 27.6 Å². The van der Waals surface area contributed by atoms with Crippen LogP contribution in [0.3, 0.4) is 0 Å². The molecule has 0 radical (unpaired) electrons. The Balaban J connectivity index is 0. The molecule has 0 spiro atoms. The lowest BCUT2D eigenvalue weighted by atomic mass is 9.98. The second-order valence-corrected chi connectivity index (χ2v) is 3.77. The van der Waals surface area contributed by atoms with Gasteiger partial charge in [0.05, 0.1) is 0 Å². The van der Waals surface area contributed by atoms with E-state index < -0.39 is 11.9 Å². The molecule has 0 aliphatic heterocycles. The molecule has 0 saturated heterocycles. The summed E-state index contributed by atoms with van der Waals surface area (Å²) in [7, 11) is 0. The minimum atomic E-state index is -1.10. The normalized spacial score (nSPS) is 11.4. The average Bonchev–Trinajstić information content (AvgIpc) is 2.21. The van der Waals surface area contributed by atoms with Crippen LogP contribution < -0.4 is 0 Å². The van der Waals surface area contributed by atoms with Gasteiger partial charge in [0.2, 0.25) is 0 Å². The number of aliphatic carboxylic acids is 2. The smallest absolute Gasteiger partial charge is 0.332 e. The number of hydrogen-bond acceptors (Lipinski definition) is 2. The van der Waals surface area contributed by atoms with Crippen LogP contribution in [0.15, 0.2) is 11.1 Å². The SMILES string of the molecule is CCCC/C(C(=O)O)=C(/CCCC)C(=O)O.O. The molecule has 0 atom stereocenters. The molecule has 0 rings (SSSR count). The van der Waals surface area contributed by atoms with Crippen molar-refractivity contribution in [3.05, 3.63) is 11.1 Å². The van der Waals surface area contributed by atoms with Gasteiger partial charge in [0, 0.05) is 11.1 Å². The van der Waals surface area contributed by atoms with Crippen molar-refractivity contribution >= 4 is 11.9 Å². The predicted octanol–water partition coefficient (Wildman–Crippen LogP) is 2.01. The molecule has 0 aromatic rings. The maximum Gasteiger partial charge on any atom is 0.332 e. The van der Waals surface area contributed by atoms with Crippen molar-refractivity contribution in [1.82, 2.24) is 0 Å². The third-order valence-electron chi connectivity index (χ3n) is 2.44. The van der Waals surface area contributed by atoms with Gasteiger partial charge in [0.1, 0.15) is 0 Å². The molecule has 0 aliphatic rings. The lowest BCUT2D eigenvalue weighted by Gasteiger charge is -2.08. The van der Waals surface area contributed by atoms with E-state index in [1.54, 1.807) is 0 Å². The minimum Gasteiger partial charge on any atom is -0.478 e. The van der Waals surface area contributed by atoms with Gasteiger partial charge in [-0.25, -0.2) is 9.59 Å². The zero-order chi connectivity index (χ0) is 12.6. The van der Waals surface area contributed by atoms with Crippen molar-refractivity contribution in [2.75, 3.05) is 0 Å². The molecule has 4 N–H and O–H groups in total. The van der Waals surface area contributed by atoms with E-state index in [2.05, 4.69) is 0 Å². The van der Waals surface area contributed by atoms with E-state index in [1.807, 2.05) is 13.8 Å². The quantitative estimate of drug-likeness (QED) is 0.639. The van der Waals surface area contributed by atoms with Crippen LogP contribution in [0.5, 0.6) is 0 Å². The molecular formula is C12H22O5. The standard InChI is InChI=1S/C12H20O4.H2O/c1-3-5-7-9(11(13)14)10(12(15)16)8-6-4-2;/h3-8H2,1-2H3,(H,13,14)(H,15,16);1H2/b10-9+;. The second kappa shape index (κ2) is 9.84. The fraction of sp³-hybridized carbons (Fsp3) is 0.667. The van der Waals surface area contributed by atoms with Crippen LogP contribution in [0.1, 0.15) is 52.4 Å². The number of unbranched alkanes of at least 4 members (excludes halogenated alkanes) is 2. The Kier molecular flexibility index (Phi) is 10.4. The van der Waals surface area contributed by atoms with Crippen LogP contribution >= 0.6 is 0 Å². The highest BCUT2D eigenvalue weighted by Crippen LogP contribution is 2.18. The van der Waals surface area contributed by atoms with Crippen LogP contribution in [0, 0.1) is 0 Å². The van der Waals surface area contributed by atoms with E-state index >= 15 is 0 Å². The number of carbonyl (C=O) groups is 2. The molecule has 0 bridgehead atoms. The van der Waals surface area contributed by atoms with Gasteiger partial charge in [0.25, 0.3) is 0 Å². The summed E-state index contributed by atoms with van der Waals surface area (Å²) in [5.41, 5.74) is 0.144. The Morgan fingerprint density at radius 3 is 1.29 bits per heavy atom. The number of hydrogen-bond donors (Lipinski definition) is 2.